The number of carbonyl (C=O) groups is 2. The Morgan fingerprint density at radius 3 is 2.79 bits per heavy atom. The van der Waals surface area contributed by atoms with Crippen LogP contribution in [0.2, 0.25) is 0 Å². The molecule has 2 atom stereocenters. The van der Waals surface area contributed by atoms with Gasteiger partial charge in [-0.15, -0.1) is 0 Å². The zero-order chi connectivity index (χ0) is 14.0. The third-order valence-electron chi connectivity index (χ3n) is 3.83. The number of ketones is 1. The van der Waals surface area contributed by atoms with Gasteiger partial charge in [-0.05, 0) is 36.5 Å². The van der Waals surface area contributed by atoms with Crippen molar-refractivity contribution in [1.82, 2.24) is 0 Å². The molecule has 4 heteroatoms. The fraction of sp³-hybridized carbons (Fsp3) is 0.467. The van der Waals surface area contributed by atoms with E-state index in [1.807, 2.05) is 12.1 Å². The molecule has 0 aromatic heterocycles. The van der Waals surface area contributed by atoms with Crippen LogP contribution in [0.1, 0.15) is 43.2 Å². The topological polar surface area (TPSA) is 57.2 Å². The van der Waals surface area contributed by atoms with Gasteiger partial charge >= 0.3 is 0 Å². The van der Waals surface area contributed by atoms with Crippen molar-refractivity contribution in [3.8, 4) is 0 Å². The molecule has 1 aromatic rings. The van der Waals surface area contributed by atoms with E-state index in [4.69, 9.17) is 0 Å². The molecule has 0 radical (unpaired) electrons. The number of aliphatic carboxylic acids is 1. The van der Waals surface area contributed by atoms with Crippen molar-refractivity contribution >= 4 is 27.7 Å². The molecule has 1 fully saturated rings. The van der Waals surface area contributed by atoms with E-state index in [1.165, 1.54) is 0 Å². The molecule has 0 N–H and O–H groups in total. The van der Waals surface area contributed by atoms with Crippen LogP contribution in [0.4, 0.5) is 0 Å². The molecule has 1 aliphatic carbocycles. The number of rotatable bonds is 4. The maximum Gasteiger partial charge on any atom is 0.136 e. The lowest BCUT2D eigenvalue weighted by atomic mass is 9.94. The molecule has 1 saturated carbocycles. The number of benzene rings is 1. The smallest absolute Gasteiger partial charge is 0.136 e. The van der Waals surface area contributed by atoms with Crippen molar-refractivity contribution < 1.29 is 14.7 Å². The summed E-state index contributed by atoms with van der Waals surface area (Å²) in [6.07, 6.45) is 3.38. The van der Waals surface area contributed by atoms with E-state index >= 15 is 0 Å². The van der Waals surface area contributed by atoms with E-state index < -0.39 is 11.9 Å². The molecule has 3 nitrogen and oxygen atoms in total. The van der Waals surface area contributed by atoms with Gasteiger partial charge in [0, 0.05) is 28.7 Å². The molecule has 2 unspecified atom stereocenters. The van der Waals surface area contributed by atoms with Gasteiger partial charge in [0.25, 0.3) is 0 Å². The lowest BCUT2D eigenvalue weighted by Crippen LogP contribution is -2.28. The summed E-state index contributed by atoms with van der Waals surface area (Å²) in [5, 5.41) is 10.8. The maximum atomic E-state index is 11.7. The maximum absolute atomic E-state index is 11.7. The van der Waals surface area contributed by atoms with E-state index in [0.29, 0.717) is 17.8 Å². The minimum absolute atomic E-state index is 0.126. The Morgan fingerprint density at radius 1 is 1.53 bits per heavy atom. The summed E-state index contributed by atoms with van der Waals surface area (Å²) in [5.74, 6) is -1.23. The molecule has 0 aliphatic heterocycles. The Kier molecular flexibility index (Phi) is 4.40. The van der Waals surface area contributed by atoms with Gasteiger partial charge in [-0.25, -0.2) is 0 Å². The summed E-state index contributed by atoms with van der Waals surface area (Å²) in [7, 11) is 0. The van der Waals surface area contributed by atoms with Crippen molar-refractivity contribution in [2.45, 2.75) is 38.5 Å². The van der Waals surface area contributed by atoms with Crippen LogP contribution < -0.4 is 5.11 Å². The van der Waals surface area contributed by atoms with Crippen molar-refractivity contribution in [1.29, 1.82) is 0 Å². The highest BCUT2D eigenvalue weighted by Crippen LogP contribution is 2.30. The van der Waals surface area contributed by atoms with Crippen LogP contribution in [0, 0.1) is 5.92 Å². The summed E-state index contributed by atoms with van der Waals surface area (Å²) in [4.78, 5) is 22.5. The van der Waals surface area contributed by atoms with Crippen LogP contribution in [0.15, 0.2) is 22.7 Å². The summed E-state index contributed by atoms with van der Waals surface area (Å²) in [5.41, 5.74) is 1.78. The Balaban J connectivity index is 2.15. The van der Waals surface area contributed by atoms with E-state index in [9.17, 15) is 14.7 Å². The summed E-state index contributed by atoms with van der Waals surface area (Å²) >= 11 is 3.47. The van der Waals surface area contributed by atoms with E-state index in [2.05, 4.69) is 15.9 Å². The number of carboxylic acids is 1. The summed E-state index contributed by atoms with van der Waals surface area (Å²) < 4.78 is 0.873. The van der Waals surface area contributed by atoms with Gasteiger partial charge in [0.05, 0.1) is 0 Å². The van der Waals surface area contributed by atoms with Crippen molar-refractivity contribution in [2.75, 3.05) is 0 Å². The SMILES string of the molecule is CC(C(=O)[O-])c1ccc(CC2CCCC2=O)c(Br)c1. The molecule has 0 spiro atoms. The molecule has 19 heavy (non-hydrogen) atoms. The number of Topliss-reactive ketones (excluding diaryl/α,β-unsaturated/α-hetero) is 1. The second-order valence-corrected chi connectivity index (χ2v) is 6.01. The number of carboxylic acid groups (broad SMARTS) is 1. The zero-order valence-electron chi connectivity index (χ0n) is 10.8. The van der Waals surface area contributed by atoms with Gasteiger partial charge in [0.15, 0.2) is 0 Å². The Hall–Kier alpha value is -1.16. The standard InChI is InChI=1S/C15H17BrO3/c1-9(15(18)19)10-5-6-11(13(16)8-10)7-12-3-2-4-14(12)17/h5-6,8-9,12H,2-4,7H2,1H3,(H,18,19)/p-1. The van der Waals surface area contributed by atoms with Crippen LogP contribution in [-0.4, -0.2) is 11.8 Å². The molecule has 102 valence electrons. The highest BCUT2D eigenvalue weighted by atomic mass is 79.9. The first-order valence-corrected chi connectivity index (χ1v) is 7.30. The first kappa shape index (κ1) is 14.3. The van der Waals surface area contributed by atoms with Gasteiger partial charge < -0.3 is 9.90 Å². The van der Waals surface area contributed by atoms with Crippen LogP contribution in [0.25, 0.3) is 0 Å². The fourth-order valence-corrected chi connectivity index (χ4v) is 3.06. The van der Waals surface area contributed by atoms with Crippen molar-refractivity contribution in [3.05, 3.63) is 33.8 Å². The molecule has 0 heterocycles. The highest BCUT2D eigenvalue weighted by Gasteiger charge is 2.25. The van der Waals surface area contributed by atoms with Crippen LogP contribution >= 0.6 is 15.9 Å². The minimum Gasteiger partial charge on any atom is -0.550 e. The first-order chi connectivity index (χ1) is 8.99. The van der Waals surface area contributed by atoms with Gasteiger partial charge in [-0.3, -0.25) is 4.79 Å². The average Bonchev–Trinajstić information content (AvgIpc) is 2.76. The molecule has 0 bridgehead atoms. The fourth-order valence-electron chi connectivity index (χ4n) is 2.50. The normalized spacial score (nSPS) is 20.5. The predicted molar refractivity (Wildman–Crippen MR) is 73.6 cm³/mol. The highest BCUT2D eigenvalue weighted by molar-refractivity contribution is 9.10. The quantitative estimate of drug-likeness (QED) is 0.853. The third-order valence-corrected chi connectivity index (χ3v) is 4.57. The molecule has 0 saturated heterocycles. The Morgan fingerprint density at radius 2 is 2.26 bits per heavy atom. The van der Waals surface area contributed by atoms with Crippen LogP contribution in [-0.2, 0) is 16.0 Å². The van der Waals surface area contributed by atoms with Gasteiger partial charge in [0.2, 0.25) is 0 Å². The number of carbonyl (C=O) groups excluding carboxylic acids is 2. The monoisotopic (exact) mass is 323 g/mol. The van der Waals surface area contributed by atoms with Crippen LogP contribution in [0.3, 0.4) is 0 Å². The van der Waals surface area contributed by atoms with E-state index in [1.54, 1.807) is 13.0 Å². The molecule has 2 rings (SSSR count). The zero-order valence-corrected chi connectivity index (χ0v) is 12.4. The lowest BCUT2D eigenvalue weighted by Gasteiger charge is -2.16. The van der Waals surface area contributed by atoms with Crippen molar-refractivity contribution in [2.24, 2.45) is 5.92 Å². The largest absolute Gasteiger partial charge is 0.550 e. The second-order valence-electron chi connectivity index (χ2n) is 5.15. The number of halogens is 1. The molecular weight excluding hydrogens is 308 g/mol. The Labute approximate surface area is 121 Å². The number of hydrogen-bond acceptors (Lipinski definition) is 3. The first-order valence-electron chi connectivity index (χ1n) is 6.51. The van der Waals surface area contributed by atoms with E-state index in [-0.39, 0.29) is 5.92 Å². The summed E-state index contributed by atoms with van der Waals surface area (Å²) in [6.45, 7) is 1.61. The van der Waals surface area contributed by atoms with Gasteiger partial charge in [-0.2, -0.15) is 0 Å². The summed E-state index contributed by atoms with van der Waals surface area (Å²) in [6, 6.07) is 5.53. The molecular formula is C15H16BrO3-. The average molecular weight is 324 g/mol. The lowest BCUT2D eigenvalue weighted by molar-refractivity contribution is -0.307. The van der Waals surface area contributed by atoms with Crippen molar-refractivity contribution in [3.63, 3.8) is 0 Å². The minimum atomic E-state index is -1.08. The van der Waals surface area contributed by atoms with E-state index in [0.717, 1.165) is 29.3 Å². The van der Waals surface area contributed by atoms with Gasteiger partial charge in [-0.1, -0.05) is 35.0 Å². The number of hydrogen-bond donors (Lipinski definition) is 0. The molecule has 0 amide bonds. The molecule has 1 aromatic carbocycles. The second kappa shape index (κ2) is 5.87. The van der Waals surface area contributed by atoms with Gasteiger partial charge in [0.1, 0.15) is 5.78 Å². The van der Waals surface area contributed by atoms with Crippen LogP contribution in [0.5, 0.6) is 0 Å². The molecule has 1 aliphatic rings. The Bertz CT molecular complexity index is 510. The predicted octanol–water partition coefficient (Wildman–Crippen LogP) is 2.21. The third kappa shape index (κ3) is 3.24.